The van der Waals surface area contributed by atoms with Crippen LogP contribution in [0.5, 0.6) is 0 Å². The van der Waals surface area contributed by atoms with Crippen molar-refractivity contribution in [2.75, 3.05) is 5.32 Å². The predicted molar refractivity (Wildman–Crippen MR) is 90.2 cm³/mol. The fourth-order valence-electron chi connectivity index (χ4n) is 2.19. The third-order valence-corrected chi connectivity index (χ3v) is 4.11. The molecule has 1 heterocycles. The maximum Gasteiger partial charge on any atom is 0.258 e. The number of nitrogens with two attached hydrogens (primary N) is 1. The van der Waals surface area contributed by atoms with Crippen molar-refractivity contribution in [2.45, 2.75) is 0 Å². The largest absolute Gasteiger partial charge is 0.398 e. The summed E-state index contributed by atoms with van der Waals surface area (Å²) in [5.74, 6) is -0.196. The SMILES string of the molecule is N/C(=C1/C(=O)Nc2cc(Cl)ccc21)c1ccc(I)cc1. The number of benzene rings is 2. The Labute approximate surface area is 135 Å². The van der Waals surface area contributed by atoms with E-state index in [1.165, 1.54) is 0 Å². The quantitative estimate of drug-likeness (QED) is 0.570. The Morgan fingerprint density at radius 1 is 1.15 bits per heavy atom. The van der Waals surface area contributed by atoms with E-state index in [1.807, 2.05) is 30.3 Å². The molecule has 0 bridgehead atoms. The molecule has 3 N–H and O–H groups in total. The summed E-state index contributed by atoms with van der Waals surface area (Å²) in [5, 5.41) is 3.37. The van der Waals surface area contributed by atoms with Crippen molar-refractivity contribution < 1.29 is 4.79 Å². The van der Waals surface area contributed by atoms with Crippen LogP contribution in [0.15, 0.2) is 42.5 Å². The van der Waals surface area contributed by atoms with E-state index in [1.54, 1.807) is 12.1 Å². The first-order chi connectivity index (χ1) is 9.56. The molecule has 1 aliphatic heterocycles. The molecule has 1 amide bonds. The van der Waals surface area contributed by atoms with Crippen molar-refractivity contribution in [1.82, 2.24) is 0 Å². The zero-order valence-corrected chi connectivity index (χ0v) is 13.2. The lowest BCUT2D eigenvalue weighted by Gasteiger charge is -2.06. The molecule has 0 atom stereocenters. The fourth-order valence-corrected chi connectivity index (χ4v) is 2.72. The highest BCUT2D eigenvalue weighted by atomic mass is 127. The number of hydrogen-bond donors (Lipinski definition) is 2. The molecule has 0 fully saturated rings. The third-order valence-electron chi connectivity index (χ3n) is 3.15. The highest BCUT2D eigenvalue weighted by Crippen LogP contribution is 2.36. The molecule has 3 nitrogen and oxygen atoms in total. The first-order valence-electron chi connectivity index (χ1n) is 5.93. The summed E-state index contributed by atoms with van der Waals surface area (Å²) in [5.41, 5.74) is 9.47. The molecule has 2 aromatic rings. The lowest BCUT2D eigenvalue weighted by atomic mass is 10.0. The van der Waals surface area contributed by atoms with Crippen LogP contribution in [0.4, 0.5) is 5.69 Å². The number of nitrogens with one attached hydrogen (secondary N) is 1. The van der Waals surface area contributed by atoms with E-state index < -0.39 is 0 Å². The maximum absolute atomic E-state index is 12.1. The van der Waals surface area contributed by atoms with Crippen molar-refractivity contribution in [3.05, 3.63) is 62.2 Å². The first-order valence-corrected chi connectivity index (χ1v) is 7.39. The average molecular weight is 397 g/mol. The molecular weight excluding hydrogens is 387 g/mol. The molecule has 0 saturated heterocycles. The molecular formula is C15H10ClIN2O. The number of carbonyl (C=O) groups excluding carboxylic acids is 1. The van der Waals surface area contributed by atoms with Crippen LogP contribution in [0.25, 0.3) is 11.3 Å². The Hall–Kier alpha value is -1.53. The highest BCUT2D eigenvalue weighted by Gasteiger charge is 2.27. The number of rotatable bonds is 1. The summed E-state index contributed by atoms with van der Waals surface area (Å²) in [4.78, 5) is 12.1. The molecule has 3 rings (SSSR count). The van der Waals surface area contributed by atoms with E-state index in [4.69, 9.17) is 17.3 Å². The molecule has 0 aromatic heterocycles. The molecule has 0 unspecified atom stereocenters. The topological polar surface area (TPSA) is 55.1 Å². The van der Waals surface area contributed by atoms with Gasteiger partial charge in [0.2, 0.25) is 0 Å². The average Bonchev–Trinajstić information content (AvgIpc) is 2.73. The standard InChI is InChI=1S/C15H10ClIN2O/c16-9-3-6-11-12(7-9)19-15(20)13(11)14(18)8-1-4-10(17)5-2-8/h1-7H,18H2,(H,19,20)/b14-13+. The zero-order chi connectivity index (χ0) is 14.3. The second-order valence-corrected chi connectivity index (χ2v) is 6.12. The number of amides is 1. The molecule has 2 aromatic carbocycles. The fraction of sp³-hybridized carbons (Fsp3) is 0. The van der Waals surface area contributed by atoms with Crippen LogP contribution in [-0.4, -0.2) is 5.91 Å². The van der Waals surface area contributed by atoms with Gasteiger partial charge in [0.05, 0.1) is 17.0 Å². The Bertz CT molecular complexity index is 738. The summed E-state index contributed by atoms with van der Waals surface area (Å²) in [6.07, 6.45) is 0. The number of anilines is 1. The van der Waals surface area contributed by atoms with Gasteiger partial charge in [-0.2, -0.15) is 0 Å². The van der Waals surface area contributed by atoms with E-state index in [2.05, 4.69) is 27.9 Å². The maximum atomic E-state index is 12.1. The van der Waals surface area contributed by atoms with E-state index in [0.717, 1.165) is 14.7 Å². The van der Waals surface area contributed by atoms with Gasteiger partial charge in [0.1, 0.15) is 0 Å². The summed E-state index contributed by atoms with van der Waals surface area (Å²) in [6, 6.07) is 13.0. The van der Waals surface area contributed by atoms with Crippen LogP contribution >= 0.6 is 34.2 Å². The molecule has 0 aliphatic carbocycles. The first kappa shape index (κ1) is 13.5. The highest BCUT2D eigenvalue weighted by molar-refractivity contribution is 14.1. The third kappa shape index (κ3) is 2.29. The molecule has 0 radical (unpaired) electrons. The van der Waals surface area contributed by atoms with Gasteiger partial charge in [-0.1, -0.05) is 29.8 Å². The normalized spacial score (nSPS) is 15.8. The van der Waals surface area contributed by atoms with Gasteiger partial charge in [0, 0.05) is 14.2 Å². The van der Waals surface area contributed by atoms with Gasteiger partial charge in [-0.25, -0.2) is 0 Å². The van der Waals surface area contributed by atoms with E-state index in [-0.39, 0.29) is 5.91 Å². The predicted octanol–water partition coefficient (Wildman–Crippen LogP) is 3.72. The van der Waals surface area contributed by atoms with Gasteiger partial charge in [-0.05, 0) is 52.4 Å². The molecule has 0 saturated carbocycles. The number of fused-ring (bicyclic) bond motifs is 1. The van der Waals surface area contributed by atoms with Gasteiger partial charge in [0.25, 0.3) is 5.91 Å². The van der Waals surface area contributed by atoms with Crippen LogP contribution in [-0.2, 0) is 4.79 Å². The van der Waals surface area contributed by atoms with Crippen molar-refractivity contribution >= 4 is 57.1 Å². The van der Waals surface area contributed by atoms with Gasteiger partial charge < -0.3 is 11.1 Å². The van der Waals surface area contributed by atoms with Crippen molar-refractivity contribution in [1.29, 1.82) is 0 Å². The number of carbonyl (C=O) groups is 1. The smallest absolute Gasteiger partial charge is 0.258 e. The minimum atomic E-state index is -0.196. The van der Waals surface area contributed by atoms with E-state index in [9.17, 15) is 4.79 Å². The Kier molecular flexibility index (Phi) is 3.43. The lowest BCUT2D eigenvalue weighted by molar-refractivity contribution is -0.110. The monoisotopic (exact) mass is 396 g/mol. The Balaban J connectivity index is 2.16. The minimum Gasteiger partial charge on any atom is -0.398 e. The molecule has 0 spiro atoms. The van der Waals surface area contributed by atoms with Crippen LogP contribution in [0.2, 0.25) is 5.02 Å². The molecule has 100 valence electrons. The van der Waals surface area contributed by atoms with Gasteiger partial charge in [-0.3, -0.25) is 4.79 Å². The van der Waals surface area contributed by atoms with Crippen LogP contribution < -0.4 is 11.1 Å². The molecule has 20 heavy (non-hydrogen) atoms. The minimum absolute atomic E-state index is 0.196. The van der Waals surface area contributed by atoms with Gasteiger partial charge >= 0.3 is 0 Å². The second kappa shape index (κ2) is 5.10. The van der Waals surface area contributed by atoms with Crippen LogP contribution in [0, 0.1) is 3.57 Å². The van der Waals surface area contributed by atoms with Crippen molar-refractivity contribution in [3.8, 4) is 0 Å². The molecule has 5 heteroatoms. The number of hydrogen-bond acceptors (Lipinski definition) is 2. The lowest BCUT2D eigenvalue weighted by Crippen LogP contribution is -2.09. The summed E-state index contributed by atoms with van der Waals surface area (Å²) < 4.78 is 1.12. The number of halogens is 2. The van der Waals surface area contributed by atoms with Crippen molar-refractivity contribution in [2.24, 2.45) is 5.73 Å². The van der Waals surface area contributed by atoms with E-state index in [0.29, 0.717) is 22.0 Å². The van der Waals surface area contributed by atoms with Crippen LogP contribution in [0.1, 0.15) is 11.1 Å². The Morgan fingerprint density at radius 2 is 1.85 bits per heavy atom. The van der Waals surface area contributed by atoms with Gasteiger partial charge in [0.15, 0.2) is 0 Å². The summed E-state index contributed by atoms with van der Waals surface area (Å²) in [6.45, 7) is 0. The second-order valence-electron chi connectivity index (χ2n) is 4.44. The van der Waals surface area contributed by atoms with Gasteiger partial charge in [-0.15, -0.1) is 0 Å². The van der Waals surface area contributed by atoms with Crippen LogP contribution in [0.3, 0.4) is 0 Å². The molecule has 1 aliphatic rings. The summed E-state index contributed by atoms with van der Waals surface area (Å²) in [7, 11) is 0. The Morgan fingerprint density at radius 3 is 2.55 bits per heavy atom. The van der Waals surface area contributed by atoms with E-state index >= 15 is 0 Å². The zero-order valence-electron chi connectivity index (χ0n) is 10.3. The summed E-state index contributed by atoms with van der Waals surface area (Å²) >= 11 is 8.16. The van der Waals surface area contributed by atoms with Crippen molar-refractivity contribution in [3.63, 3.8) is 0 Å².